The lowest BCUT2D eigenvalue weighted by Crippen LogP contribution is -2.29. The van der Waals surface area contributed by atoms with Gasteiger partial charge in [-0.2, -0.15) is 4.98 Å². The highest BCUT2D eigenvalue weighted by Gasteiger charge is 2.35. The van der Waals surface area contributed by atoms with E-state index in [1.807, 2.05) is 0 Å². The van der Waals surface area contributed by atoms with Gasteiger partial charge in [0.1, 0.15) is 18.1 Å². The van der Waals surface area contributed by atoms with Crippen molar-refractivity contribution in [3.05, 3.63) is 22.2 Å². The molecule has 0 bridgehead atoms. The molecule has 98 valence electrons. The van der Waals surface area contributed by atoms with E-state index in [9.17, 15) is 14.7 Å². The summed E-state index contributed by atoms with van der Waals surface area (Å²) in [6.07, 6.45) is -0.545. The van der Waals surface area contributed by atoms with Crippen molar-refractivity contribution in [1.29, 1.82) is 0 Å². The summed E-state index contributed by atoms with van der Waals surface area (Å²) in [7, 11) is 0. The average Bonchev–Trinajstić information content (AvgIpc) is 2.70. The maximum absolute atomic E-state index is 11.6. The Morgan fingerprint density at radius 2 is 2.39 bits per heavy atom. The second-order valence-corrected chi connectivity index (χ2v) is 4.00. The summed E-state index contributed by atoms with van der Waals surface area (Å²) in [6, 6.07) is 0. The maximum atomic E-state index is 11.6. The van der Waals surface area contributed by atoms with Crippen LogP contribution in [0.25, 0.3) is 0 Å². The minimum Gasteiger partial charge on any atom is -0.394 e. The minimum atomic E-state index is -0.871. The molecular formula is C10H13N3O5. The summed E-state index contributed by atoms with van der Waals surface area (Å²) in [5.41, 5.74) is 4.79. The van der Waals surface area contributed by atoms with Gasteiger partial charge in [0.25, 0.3) is 0 Å². The second kappa shape index (κ2) is 4.84. The monoisotopic (exact) mass is 255 g/mol. The summed E-state index contributed by atoms with van der Waals surface area (Å²) >= 11 is 0. The third-order valence-corrected chi connectivity index (χ3v) is 2.83. The Morgan fingerprint density at radius 1 is 1.67 bits per heavy atom. The van der Waals surface area contributed by atoms with Crippen LogP contribution in [-0.2, 0) is 4.74 Å². The van der Waals surface area contributed by atoms with Gasteiger partial charge < -0.3 is 20.7 Å². The van der Waals surface area contributed by atoms with Crippen LogP contribution >= 0.6 is 0 Å². The number of aliphatic hydroxyl groups is 2. The molecule has 1 aromatic heterocycles. The Balaban J connectivity index is 2.35. The summed E-state index contributed by atoms with van der Waals surface area (Å²) < 4.78 is 6.38. The SMILES string of the molecule is Nc1nc(=O)n([C@H]2CC(O)[C@@H](CO)O2)cc1C=O. The van der Waals surface area contributed by atoms with Gasteiger partial charge in [0.15, 0.2) is 6.29 Å². The lowest BCUT2D eigenvalue weighted by atomic mass is 10.2. The molecule has 1 fully saturated rings. The summed E-state index contributed by atoms with van der Waals surface area (Å²) in [5.74, 6) is -0.150. The number of hydrogen-bond donors (Lipinski definition) is 3. The molecule has 8 nitrogen and oxygen atoms in total. The van der Waals surface area contributed by atoms with Gasteiger partial charge in [-0.05, 0) is 0 Å². The van der Waals surface area contributed by atoms with Gasteiger partial charge in [-0.25, -0.2) is 4.79 Å². The predicted octanol–water partition coefficient (Wildman–Crippen LogP) is -1.72. The highest BCUT2D eigenvalue weighted by molar-refractivity contribution is 5.80. The molecule has 0 radical (unpaired) electrons. The highest BCUT2D eigenvalue weighted by Crippen LogP contribution is 2.27. The summed E-state index contributed by atoms with van der Waals surface area (Å²) in [5, 5.41) is 18.5. The first-order valence-electron chi connectivity index (χ1n) is 5.35. The van der Waals surface area contributed by atoms with Crippen molar-refractivity contribution in [2.75, 3.05) is 12.3 Å². The van der Waals surface area contributed by atoms with Gasteiger partial charge in [-0.3, -0.25) is 9.36 Å². The third-order valence-electron chi connectivity index (χ3n) is 2.83. The molecule has 1 aromatic rings. The van der Waals surface area contributed by atoms with Crippen molar-refractivity contribution in [3.63, 3.8) is 0 Å². The molecule has 2 rings (SSSR count). The molecule has 0 aliphatic carbocycles. The van der Waals surface area contributed by atoms with Crippen LogP contribution in [0.5, 0.6) is 0 Å². The number of nitrogens with zero attached hydrogens (tertiary/aromatic N) is 2. The Kier molecular flexibility index (Phi) is 3.41. The van der Waals surface area contributed by atoms with E-state index >= 15 is 0 Å². The number of rotatable bonds is 3. The molecule has 1 aliphatic rings. The van der Waals surface area contributed by atoms with E-state index in [0.717, 1.165) is 4.57 Å². The number of hydrogen-bond acceptors (Lipinski definition) is 7. The van der Waals surface area contributed by atoms with Crippen LogP contribution in [0.15, 0.2) is 11.0 Å². The van der Waals surface area contributed by atoms with Crippen molar-refractivity contribution in [2.24, 2.45) is 0 Å². The van der Waals surface area contributed by atoms with E-state index in [1.54, 1.807) is 0 Å². The number of anilines is 1. The average molecular weight is 255 g/mol. The molecule has 3 atom stereocenters. The molecule has 0 saturated carbocycles. The molecule has 1 aliphatic heterocycles. The molecule has 0 amide bonds. The Bertz CT molecular complexity index is 515. The molecule has 18 heavy (non-hydrogen) atoms. The quantitative estimate of drug-likeness (QED) is 0.548. The van der Waals surface area contributed by atoms with Crippen LogP contribution in [-0.4, -0.2) is 44.9 Å². The van der Waals surface area contributed by atoms with E-state index in [4.69, 9.17) is 15.6 Å². The smallest absolute Gasteiger partial charge is 0.351 e. The predicted molar refractivity (Wildman–Crippen MR) is 59.9 cm³/mol. The van der Waals surface area contributed by atoms with E-state index in [1.165, 1.54) is 6.20 Å². The number of nitrogen functional groups attached to an aromatic ring is 1. The number of carbonyl (C=O) groups excluding carboxylic acids is 1. The third kappa shape index (κ3) is 2.13. The fraction of sp³-hybridized carbons (Fsp3) is 0.500. The highest BCUT2D eigenvalue weighted by atomic mass is 16.5. The molecule has 4 N–H and O–H groups in total. The fourth-order valence-electron chi connectivity index (χ4n) is 1.84. The molecule has 1 saturated heterocycles. The molecule has 2 heterocycles. The topological polar surface area (TPSA) is 128 Å². The normalized spacial score (nSPS) is 27.3. The van der Waals surface area contributed by atoms with Gasteiger partial charge in [-0.15, -0.1) is 0 Å². The van der Waals surface area contributed by atoms with E-state index < -0.39 is 24.1 Å². The molecule has 0 aromatic carbocycles. The second-order valence-electron chi connectivity index (χ2n) is 4.00. The molecule has 8 heteroatoms. The van der Waals surface area contributed by atoms with Gasteiger partial charge in [0.2, 0.25) is 0 Å². The Labute approximate surface area is 102 Å². The van der Waals surface area contributed by atoms with Crippen LogP contribution in [0.3, 0.4) is 0 Å². The molecule has 1 unspecified atom stereocenters. The van der Waals surface area contributed by atoms with Crippen LogP contribution < -0.4 is 11.4 Å². The first-order chi connectivity index (χ1) is 8.56. The zero-order chi connectivity index (χ0) is 13.3. The number of aldehydes is 1. The van der Waals surface area contributed by atoms with Crippen LogP contribution in [0.2, 0.25) is 0 Å². The van der Waals surface area contributed by atoms with Gasteiger partial charge in [-0.1, -0.05) is 0 Å². The number of carbonyl (C=O) groups is 1. The van der Waals surface area contributed by atoms with Gasteiger partial charge in [0.05, 0.1) is 18.3 Å². The van der Waals surface area contributed by atoms with Crippen LogP contribution in [0.4, 0.5) is 5.82 Å². The number of aromatic nitrogens is 2. The fourth-order valence-corrected chi connectivity index (χ4v) is 1.84. The first kappa shape index (κ1) is 12.7. The standard InChI is InChI=1S/C10H13N3O5/c11-9-5(3-14)2-13(10(17)12-9)8-1-6(16)7(4-15)18-8/h2-3,6-8,15-16H,1,4H2,(H2,11,12,17)/t6?,7-,8-/m1/s1. The zero-order valence-corrected chi connectivity index (χ0v) is 9.39. The Morgan fingerprint density at radius 3 is 2.94 bits per heavy atom. The van der Waals surface area contributed by atoms with Crippen molar-refractivity contribution in [2.45, 2.75) is 24.9 Å². The zero-order valence-electron chi connectivity index (χ0n) is 9.39. The van der Waals surface area contributed by atoms with E-state index in [0.29, 0.717) is 6.29 Å². The lowest BCUT2D eigenvalue weighted by molar-refractivity contribution is -0.0458. The summed E-state index contributed by atoms with van der Waals surface area (Å²) in [6.45, 7) is -0.352. The van der Waals surface area contributed by atoms with Crippen LogP contribution in [0.1, 0.15) is 23.0 Å². The Hall–Kier alpha value is -1.77. The van der Waals surface area contributed by atoms with E-state index in [2.05, 4.69) is 4.98 Å². The van der Waals surface area contributed by atoms with Crippen molar-refractivity contribution in [3.8, 4) is 0 Å². The van der Waals surface area contributed by atoms with Crippen molar-refractivity contribution < 1.29 is 19.7 Å². The number of aliphatic hydroxyl groups excluding tert-OH is 2. The first-order valence-corrected chi connectivity index (χ1v) is 5.35. The van der Waals surface area contributed by atoms with Crippen molar-refractivity contribution >= 4 is 12.1 Å². The maximum Gasteiger partial charge on any atom is 0.351 e. The van der Waals surface area contributed by atoms with Crippen LogP contribution in [0, 0.1) is 0 Å². The minimum absolute atomic E-state index is 0.0696. The molecular weight excluding hydrogens is 242 g/mol. The van der Waals surface area contributed by atoms with E-state index in [-0.39, 0.29) is 24.4 Å². The number of ether oxygens (including phenoxy) is 1. The van der Waals surface area contributed by atoms with Gasteiger partial charge in [0, 0.05) is 12.6 Å². The number of nitrogens with two attached hydrogens (primary N) is 1. The largest absolute Gasteiger partial charge is 0.394 e. The molecule has 0 spiro atoms. The lowest BCUT2D eigenvalue weighted by Gasteiger charge is -2.14. The van der Waals surface area contributed by atoms with Gasteiger partial charge >= 0.3 is 5.69 Å². The summed E-state index contributed by atoms with van der Waals surface area (Å²) in [4.78, 5) is 25.8. The van der Waals surface area contributed by atoms with Crippen molar-refractivity contribution in [1.82, 2.24) is 9.55 Å².